The number of halogens is 1. The van der Waals surface area contributed by atoms with Crippen LogP contribution in [0.3, 0.4) is 0 Å². The van der Waals surface area contributed by atoms with Gasteiger partial charge in [-0.3, -0.25) is 9.59 Å². The summed E-state index contributed by atoms with van der Waals surface area (Å²) in [5, 5.41) is 5.87. The maximum absolute atomic E-state index is 12.2. The molecule has 0 aromatic heterocycles. The Balaban J connectivity index is 1.60. The van der Waals surface area contributed by atoms with E-state index in [-0.39, 0.29) is 18.4 Å². The van der Waals surface area contributed by atoms with Gasteiger partial charge in [0.2, 0.25) is 0 Å². The largest absolute Gasteiger partial charge is 0.482 e. The summed E-state index contributed by atoms with van der Waals surface area (Å²) in [6.07, 6.45) is 0. The van der Waals surface area contributed by atoms with Crippen LogP contribution in [0.4, 0.5) is 5.69 Å². The molecule has 148 valence electrons. The Morgan fingerprint density at radius 3 is 2.45 bits per heavy atom. The van der Waals surface area contributed by atoms with Gasteiger partial charge in [0, 0.05) is 17.8 Å². The van der Waals surface area contributed by atoms with Crippen LogP contribution in [0, 0.1) is 0 Å². The van der Waals surface area contributed by atoms with Crippen molar-refractivity contribution in [3.05, 3.63) is 83.4 Å². The van der Waals surface area contributed by atoms with E-state index in [9.17, 15) is 9.59 Å². The van der Waals surface area contributed by atoms with Crippen molar-refractivity contribution < 1.29 is 14.3 Å². The van der Waals surface area contributed by atoms with Crippen molar-refractivity contribution in [3.8, 4) is 16.9 Å². The number of amides is 2. The number of carbonyl (C=O) groups excluding carboxylic acids is 2. The van der Waals surface area contributed by atoms with Crippen molar-refractivity contribution in [2.75, 3.05) is 18.5 Å². The fourth-order valence-electron chi connectivity index (χ4n) is 2.77. The van der Waals surface area contributed by atoms with Gasteiger partial charge in [-0.1, -0.05) is 54.1 Å². The third-order valence-corrected chi connectivity index (χ3v) is 4.44. The van der Waals surface area contributed by atoms with Crippen LogP contribution in [0.25, 0.3) is 11.1 Å². The summed E-state index contributed by atoms with van der Waals surface area (Å²) in [5.41, 5.74) is 3.01. The van der Waals surface area contributed by atoms with E-state index in [0.29, 0.717) is 28.6 Å². The third kappa shape index (κ3) is 5.59. The van der Waals surface area contributed by atoms with Gasteiger partial charge >= 0.3 is 0 Å². The van der Waals surface area contributed by atoms with Crippen LogP contribution in [0.5, 0.6) is 5.75 Å². The molecule has 0 atom stereocenters. The van der Waals surface area contributed by atoms with E-state index < -0.39 is 0 Å². The second kappa shape index (κ2) is 9.75. The van der Waals surface area contributed by atoms with Gasteiger partial charge in [-0.05, 0) is 48.4 Å². The highest BCUT2D eigenvalue weighted by molar-refractivity contribution is 6.32. The first-order valence-corrected chi connectivity index (χ1v) is 9.60. The summed E-state index contributed by atoms with van der Waals surface area (Å²) in [6, 6.07) is 22.0. The van der Waals surface area contributed by atoms with Gasteiger partial charge in [0.15, 0.2) is 6.61 Å². The van der Waals surface area contributed by atoms with Gasteiger partial charge < -0.3 is 15.4 Å². The Morgan fingerprint density at radius 2 is 1.72 bits per heavy atom. The molecule has 0 aliphatic heterocycles. The van der Waals surface area contributed by atoms with Gasteiger partial charge in [0.25, 0.3) is 11.8 Å². The zero-order chi connectivity index (χ0) is 20.6. The van der Waals surface area contributed by atoms with Gasteiger partial charge in [-0.25, -0.2) is 0 Å². The van der Waals surface area contributed by atoms with E-state index >= 15 is 0 Å². The average Bonchev–Trinajstić information content (AvgIpc) is 2.74. The molecule has 3 aromatic rings. The minimum absolute atomic E-state index is 0.190. The zero-order valence-corrected chi connectivity index (χ0v) is 16.7. The molecule has 6 heteroatoms. The normalized spacial score (nSPS) is 10.3. The van der Waals surface area contributed by atoms with Crippen LogP contribution < -0.4 is 15.4 Å². The molecule has 5 nitrogen and oxygen atoms in total. The highest BCUT2D eigenvalue weighted by Crippen LogP contribution is 2.30. The van der Waals surface area contributed by atoms with Crippen molar-refractivity contribution in [3.63, 3.8) is 0 Å². The van der Waals surface area contributed by atoms with Gasteiger partial charge in [-0.2, -0.15) is 0 Å². The van der Waals surface area contributed by atoms with Gasteiger partial charge in [0.1, 0.15) is 5.75 Å². The van der Waals surface area contributed by atoms with Crippen molar-refractivity contribution >= 4 is 29.1 Å². The van der Waals surface area contributed by atoms with Crippen molar-refractivity contribution in [2.24, 2.45) is 0 Å². The monoisotopic (exact) mass is 408 g/mol. The first kappa shape index (κ1) is 20.4. The molecule has 3 aromatic carbocycles. The van der Waals surface area contributed by atoms with Crippen LogP contribution >= 0.6 is 11.6 Å². The summed E-state index contributed by atoms with van der Waals surface area (Å²) in [7, 11) is 0. The molecule has 0 heterocycles. The predicted molar refractivity (Wildman–Crippen MR) is 115 cm³/mol. The van der Waals surface area contributed by atoms with E-state index in [2.05, 4.69) is 10.6 Å². The Hall–Kier alpha value is -3.31. The topological polar surface area (TPSA) is 67.4 Å². The lowest BCUT2D eigenvalue weighted by atomic mass is 10.1. The van der Waals surface area contributed by atoms with E-state index in [4.69, 9.17) is 16.3 Å². The summed E-state index contributed by atoms with van der Waals surface area (Å²) in [4.78, 5) is 24.1. The molecule has 0 saturated heterocycles. The number of ether oxygens (including phenoxy) is 1. The van der Waals surface area contributed by atoms with Crippen LogP contribution in [0.1, 0.15) is 17.3 Å². The Labute approximate surface area is 174 Å². The first-order valence-electron chi connectivity index (χ1n) is 9.22. The number of rotatable bonds is 7. The average molecular weight is 409 g/mol. The molecule has 0 spiro atoms. The maximum Gasteiger partial charge on any atom is 0.262 e. The van der Waals surface area contributed by atoms with E-state index in [0.717, 1.165) is 11.1 Å². The lowest BCUT2D eigenvalue weighted by molar-refractivity contribution is -0.118. The maximum atomic E-state index is 12.2. The predicted octanol–water partition coefficient (Wildman–Crippen LogP) is 4.77. The highest BCUT2D eigenvalue weighted by atomic mass is 35.5. The lowest BCUT2D eigenvalue weighted by Crippen LogP contribution is -2.23. The smallest absolute Gasteiger partial charge is 0.262 e. The number of nitrogens with one attached hydrogen (secondary N) is 2. The summed E-state index contributed by atoms with van der Waals surface area (Å²) >= 11 is 6.31. The van der Waals surface area contributed by atoms with Crippen LogP contribution in [-0.4, -0.2) is 25.0 Å². The molecule has 0 saturated carbocycles. The summed E-state index contributed by atoms with van der Waals surface area (Å²) in [6.45, 7) is 2.18. The highest BCUT2D eigenvalue weighted by Gasteiger charge is 2.10. The second-order valence-electron chi connectivity index (χ2n) is 6.29. The van der Waals surface area contributed by atoms with E-state index in [1.54, 1.807) is 36.4 Å². The SMILES string of the molecule is CCNC(=O)c1cccc(NC(=O)COc2ccc(-c3ccccc3)cc2Cl)c1. The van der Waals surface area contributed by atoms with Crippen LogP contribution in [0.15, 0.2) is 72.8 Å². The van der Waals surface area contributed by atoms with Crippen LogP contribution in [-0.2, 0) is 4.79 Å². The molecule has 0 fully saturated rings. The Morgan fingerprint density at radius 1 is 0.931 bits per heavy atom. The Kier molecular flexibility index (Phi) is 6.87. The van der Waals surface area contributed by atoms with E-state index in [1.807, 2.05) is 43.3 Å². The molecular weight excluding hydrogens is 388 g/mol. The third-order valence-electron chi connectivity index (χ3n) is 4.14. The van der Waals surface area contributed by atoms with Crippen LogP contribution in [0.2, 0.25) is 5.02 Å². The van der Waals surface area contributed by atoms with Gasteiger partial charge in [-0.15, -0.1) is 0 Å². The van der Waals surface area contributed by atoms with E-state index in [1.165, 1.54) is 0 Å². The molecular formula is C23H21ClN2O3. The fourth-order valence-corrected chi connectivity index (χ4v) is 3.00. The molecule has 0 unspecified atom stereocenters. The number of benzene rings is 3. The minimum atomic E-state index is -0.346. The van der Waals surface area contributed by atoms with Crippen molar-refractivity contribution in [1.29, 1.82) is 0 Å². The molecule has 0 radical (unpaired) electrons. The number of anilines is 1. The Bertz CT molecular complexity index is 1010. The molecule has 0 aliphatic carbocycles. The zero-order valence-electron chi connectivity index (χ0n) is 15.9. The number of hydrogen-bond donors (Lipinski definition) is 2. The molecule has 2 N–H and O–H groups in total. The molecule has 0 bridgehead atoms. The standard InChI is InChI=1S/C23H21ClN2O3/c1-2-25-23(28)18-9-6-10-19(13-18)26-22(27)15-29-21-12-11-17(14-20(21)24)16-7-4-3-5-8-16/h3-14H,2,15H2,1H3,(H,25,28)(H,26,27). The first-order chi connectivity index (χ1) is 14.1. The fraction of sp³-hybridized carbons (Fsp3) is 0.130. The second-order valence-corrected chi connectivity index (χ2v) is 6.70. The molecule has 29 heavy (non-hydrogen) atoms. The van der Waals surface area contributed by atoms with Gasteiger partial charge in [0.05, 0.1) is 5.02 Å². The number of carbonyl (C=O) groups is 2. The number of hydrogen-bond acceptors (Lipinski definition) is 3. The quantitative estimate of drug-likeness (QED) is 0.591. The molecule has 3 rings (SSSR count). The summed E-state index contributed by atoms with van der Waals surface area (Å²) < 4.78 is 5.55. The van der Waals surface area contributed by atoms with Crippen molar-refractivity contribution in [1.82, 2.24) is 5.32 Å². The minimum Gasteiger partial charge on any atom is -0.482 e. The molecule has 0 aliphatic rings. The van der Waals surface area contributed by atoms with Crippen molar-refractivity contribution in [2.45, 2.75) is 6.92 Å². The lowest BCUT2D eigenvalue weighted by Gasteiger charge is -2.11. The molecule has 2 amide bonds. The summed E-state index contributed by atoms with van der Waals surface area (Å²) in [5.74, 6) is -0.107.